The fraction of sp³-hybridized carbons (Fsp3) is 0.600. The van der Waals surface area contributed by atoms with Gasteiger partial charge in [-0.2, -0.15) is 5.26 Å². The molecule has 0 aromatic carbocycles. The van der Waals surface area contributed by atoms with Crippen LogP contribution in [0.4, 0.5) is 0 Å². The summed E-state index contributed by atoms with van der Waals surface area (Å²) in [6.07, 6.45) is 7.28. The van der Waals surface area contributed by atoms with Gasteiger partial charge in [-0.15, -0.1) is 0 Å². The summed E-state index contributed by atoms with van der Waals surface area (Å²) < 4.78 is 5.20. The van der Waals surface area contributed by atoms with Crippen molar-refractivity contribution in [1.29, 1.82) is 5.26 Å². The van der Waals surface area contributed by atoms with Gasteiger partial charge in [0.15, 0.2) is 11.7 Å². The Bertz CT molecular complexity index is 794. The van der Waals surface area contributed by atoms with Gasteiger partial charge in [0.2, 0.25) is 11.9 Å². The summed E-state index contributed by atoms with van der Waals surface area (Å²) in [5.74, 6) is -0.196. The van der Waals surface area contributed by atoms with Crippen molar-refractivity contribution in [1.82, 2.24) is 15.1 Å². The number of hydrogen-bond donors (Lipinski definition) is 1. The Morgan fingerprint density at radius 1 is 1.21 bits per heavy atom. The zero-order valence-corrected chi connectivity index (χ0v) is 15.9. The lowest BCUT2D eigenvalue weighted by Crippen LogP contribution is -2.60. The molecule has 1 aromatic rings. The molecule has 1 spiro atoms. The Kier molecular flexibility index (Phi) is 5.07. The van der Waals surface area contributed by atoms with Crippen LogP contribution < -0.4 is 5.32 Å². The van der Waals surface area contributed by atoms with Gasteiger partial charge < -0.3 is 14.2 Å². The number of nitriles is 1. The molecule has 0 unspecified atom stereocenters. The summed E-state index contributed by atoms with van der Waals surface area (Å²) in [5, 5.41) is 12.5. The second kappa shape index (κ2) is 7.66. The number of carbonyl (C=O) groups excluding carboxylic acids is 2. The smallest absolute Gasteiger partial charge is 0.289 e. The van der Waals surface area contributed by atoms with Crippen molar-refractivity contribution >= 4 is 17.8 Å². The summed E-state index contributed by atoms with van der Waals surface area (Å²) in [7, 11) is 0. The Morgan fingerprint density at radius 3 is 2.54 bits per heavy atom. The summed E-state index contributed by atoms with van der Waals surface area (Å²) >= 11 is 0. The molecule has 3 heterocycles. The summed E-state index contributed by atoms with van der Waals surface area (Å²) in [6, 6.07) is 5.57. The van der Waals surface area contributed by atoms with Crippen LogP contribution in [0, 0.1) is 17.2 Å². The maximum atomic E-state index is 12.7. The SMILES string of the molecule is N#C[C@@H]1C(=O)NC(N2CCN(C(=O)c3ccco3)CC2)=NC12CCCCCC2. The second-order valence-corrected chi connectivity index (χ2v) is 7.76. The predicted octanol–water partition coefficient (Wildman–Crippen LogP) is 1.76. The lowest BCUT2D eigenvalue weighted by Gasteiger charge is -2.42. The average Bonchev–Trinajstić information content (AvgIpc) is 3.15. The maximum Gasteiger partial charge on any atom is 0.289 e. The van der Waals surface area contributed by atoms with Crippen molar-refractivity contribution < 1.29 is 14.0 Å². The van der Waals surface area contributed by atoms with Gasteiger partial charge in [0.05, 0.1) is 17.9 Å². The number of aliphatic imine (C=N–C) groups is 1. The topological polar surface area (TPSA) is 102 Å². The first-order valence-corrected chi connectivity index (χ1v) is 10.0. The van der Waals surface area contributed by atoms with Crippen molar-refractivity contribution in [2.24, 2.45) is 10.9 Å². The lowest BCUT2D eigenvalue weighted by molar-refractivity contribution is -0.124. The van der Waals surface area contributed by atoms with E-state index in [-0.39, 0.29) is 11.8 Å². The molecule has 4 rings (SSSR count). The number of rotatable bonds is 1. The molecule has 1 aliphatic carbocycles. The Morgan fingerprint density at radius 2 is 1.93 bits per heavy atom. The Hall–Kier alpha value is -2.82. The molecule has 2 fully saturated rings. The third-order valence-electron chi connectivity index (χ3n) is 6.06. The number of nitrogens with one attached hydrogen (secondary N) is 1. The number of furan rings is 1. The molecule has 1 atom stereocenters. The van der Waals surface area contributed by atoms with Crippen LogP contribution in [0.1, 0.15) is 49.1 Å². The first-order chi connectivity index (χ1) is 13.6. The third kappa shape index (κ3) is 3.37. The van der Waals surface area contributed by atoms with E-state index in [1.54, 1.807) is 17.0 Å². The monoisotopic (exact) mass is 383 g/mol. The predicted molar refractivity (Wildman–Crippen MR) is 101 cm³/mol. The van der Waals surface area contributed by atoms with Gasteiger partial charge in [0.25, 0.3) is 5.91 Å². The van der Waals surface area contributed by atoms with Gasteiger partial charge in [0.1, 0.15) is 0 Å². The van der Waals surface area contributed by atoms with Crippen LogP contribution in [0.2, 0.25) is 0 Å². The number of hydrogen-bond acceptors (Lipinski definition) is 6. The van der Waals surface area contributed by atoms with Gasteiger partial charge in [-0.05, 0) is 25.0 Å². The molecule has 2 amide bonds. The van der Waals surface area contributed by atoms with E-state index in [1.165, 1.54) is 6.26 Å². The first kappa shape index (κ1) is 18.5. The highest BCUT2D eigenvalue weighted by Crippen LogP contribution is 2.39. The van der Waals surface area contributed by atoms with Crippen molar-refractivity contribution in [3.05, 3.63) is 24.2 Å². The number of piperazine rings is 1. The van der Waals surface area contributed by atoms with Gasteiger partial charge in [-0.1, -0.05) is 25.7 Å². The maximum absolute atomic E-state index is 12.7. The fourth-order valence-corrected chi connectivity index (χ4v) is 4.48. The molecule has 2 aliphatic heterocycles. The molecule has 8 nitrogen and oxygen atoms in total. The summed E-state index contributed by atoms with van der Waals surface area (Å²) in [6.45, 7) is 2.23. The molecule has 0 radical (unpaired) electrons. The molecule has 1 N–H and O–H groups in total. The standard InChI is InChI=1S/C20H25N5O3/c21-14-15-17(26)22-19(23-20(15)7-3-1-2-4-8-20)25-11-9-24(10-12-25)18(27)16-6-5-13-28-16/h5-6,13,15H,1-4,7-12H2,(H,22,23,26)/t15-/m1/s1. The highest BCUT2D eigenvalue weighted by molar-refractivity contribution is 6.02. The molecule has 3 aliphatic rings. The van der Waals surface area contributed by atoms with E-state index < -0.39 is 11.5 Å². The minimum Gasteiger partial charge on any atom is -0.459 e. The highest BCUT2D eigenvalue weighted by atomic mass is 16.3. The molecule has 8 heteroatoms. The largest absolute Gasteiger partial charge is 0.459 e. The normalized spacial score (nSPS) is 24.9. The Balaban J connectivity index is 1.49. The van der Waals surface area contributed by atoms with Crippen LogP contribution in [0.25, 0.3) is 0 Å². The van der Waals surface area contributed by atoms with E-state index in [9.17, 15) is 14.9 Å². The zero-order valence-electron chi connectivity index (χ0n) is 15.9. The molecule has 148 valence electrons. The second-order valence-electron chi connectivity index (χ2n) is 7.76. The Labute approximate surface area is 164 Å². The highest BCUT2D eigenvalue weighted by Gasteiger charge is 2.47. The van der Waals surface area contributed by atoms with Crippen LogP contribution in [0.5, 0.6) is 0 Å². The van der Waals surface area contributed by atoms with Crippen molar-refractivity contribution in [2.75, 3.05) is 26.2 Å². The number of amides is 2. The van der Waals surface area contributed by atoms with E-state index in [2.05, 4.69) is 11.4 Å². The van der Waals surface area contributed by atoms with Crippen molar-refractivity contribution in [3.8, 4) is 6.07 Å². The van der Waals surface area contributed by atoms with Crippen LogP contribution in [-0.4, -0.2) is 59.3 Å². The third-order valence-corrected chi connectivity index (χ3v) is 6.06. The summed E-state index contributed by atoms with van der Waals surface area (Å²) in [4.78, 5) is 33.8. The minimum absolute atomic E-state index is 0.121. The van der Waals surface area contributed by atoms with E-state index in [1.807, 2.05) is 4.90 Å². The van der Waals surface area contributed by atoms with Crippen LogP contribution in [0.3, 0.4) is 0 Å². The molecular weight excluding hydrogens is 358 g/mol. The van der Waals surface area contributed by atoms with Crippen LogP contribution >= 0.6 is 0 Å². The molecule has 28 heavy (non-hydrogen) atoms. The van der Waals surface area contributed by atoms with Gasteiger partial charge in [0, 0.05) is 26.2 Å². The van der Waals surface area contributed by atoms with E-state index in [0.29, 0.717) is 37.9 Å². The van der Waals surface area contributed by atoms with Crippen molar-refractivity contribution in [2.45, 2.75) is 44.1 Å². The molecule has 1 saturated heterocycles. The van der Waals surface area contributed by atoms with Crippen LogP contribution in [-0.2, 0) is 4.79 Å². The number of carbonyl (C=O) groups is 2. The molecule has 0 bridgehead atoms. The quantitative estimate of drug-likeness (QED) is 0.796. The minimum atomic E-state index is -0.726. The average molecular weight is 383 g/mol. The zero-order chi connectivity index (χ0) is 19.6. The van der Waals surface area contributed by atoms with Gasteiger partial charge >= 0.3 is 0 Å². The number of guanidine groups is 1. The van der Waals surface area contributed by atoms with E-state index in [4.69, 9.17) is 9.41 Å². The van der Waals surface area contributed by atoms with Crippen molar-refractivity contribution in [3.63, 3.8) is 0 Å². The van der Waals surface area contributed by atoms with E-state index >= 15 is 0 Å². The summed E-state index contributed by atoms with van der Waals surface area (Å²) in [5.41, 5.74) is -0.607. The fourth-order valence-electron chi connectivity index (χ4n) is 4.48. The van der Waals surface area contributed by atoms with Gasteiger partial charge in [-0.3, -0.25) is 14.9 Å². The molecular formula is C20H25N5O3. The molecule has 1 saturated carbocycles. The molecule has 1 aromatic heterocycles. The number of nitrogens with zero attached hydrogens (tertiary/aromatic N) is 4. The van der Waals surface area contributed by atoms with Gasteiger partial charge in [-0.25, -0.2) is 4.99 Å². The first-order valence-electron chi connectivity index (χ1n) is 10.0. The van der Waals surface area contributed by atoms with E-state index in [0.717, 1.165) is 38.5 Å². The van der Waals surface area contributed by atoms with Crippen LogP contribution in [0.15, 0.2) is 27.8 Å². The lowest BCUT2D eigenvalue weighted by atomic mass is 9.77.